The van der Waals surface area contributed by atoms with Gasteiger partial charge in [-0.25, -0.2) is 0 Å². The fourth-order valence-electron chi connectivity index (χ4n) is 2.19. The van der Waals surface area contributed by atoms with Crippen molar-refractivity contribution in [1.82, 2.24) is 4.90 Å². The van der Waals surface area contributed by atoms with Gasteiger partial charge in [0.15, 0.2) is 0 Å². The lowest BCUT2D eigenvalue weighted by atomic mass is 10.2. The Kier molecular flexibility index (Phi) is 5.07. The largest absolute Gasteiger partial charge is 0.493 e. The van der Waals surface area contributed by atoms with E-state index < -0.39 is 0 Å². The van der Waals surface area contributed by atoms with Gasteiger partial charge in [-0.15, -0.1) is 0 Å². The first kappa shape index (κ1) is 14.2. The van der Waals surface area contributed by atoms with Gasteiger partial charge in [0.25, 0.3) is 0 Å². The summed E-state index contributed by atoms with van der Waals surface area (Å²) in [4.78, 5) is 15.5. The number of benzene rings is 1. The van der Waals surface area contributed by atoms with Crippen molar-refractivity contribution in [1.29, 1.82) is 0 Å². The average Bonchev–Trinajstić information content (AvgIpc) is 2.46. The molecule has 1 aromatic carbocycles. The third-order valence-electron chi connectivity index (χ3n) is 3.27. The lowest BCUT2D eigenvalue weighted by Gasteiger charge is -2.35. The number of amides is 1. The highest BCUT2D eigenvalue weighted by atomic mass is 79.9. The van der Waals surface area contributed by atoms with Crippen LogP contribution in [0.25, 0.3) is 0 Å². The summed E-state index contributed by atoms with van der Waals surface area (Å²) in [5.74, 6) is 1.06. The predicted octanol–water partition coefficient (Wildman–Crippen LogP) is 2.13. The first-order chi connectivity index (χ1) is 9.20. The van der Waals surface area contributed by atoms with Crippen LogP contribution in [0.4, 0.5) is 5.69 Å². The second-order valence-corrected chi connectivity index (χ2v) is 5.32. The van der Waals surface area contributed by atoms with Crippen molar-refractivity contribution in [3.63, 3.8) is 0 Å². The molecule has 4 nitrogen and oxygen atoms in total. The predicted molar refractivity (Wildman–Crippen MR) is 80.2 cm³/mol. The van der Waals surface area contributed by atoms with E-state index in [1.807, 2.05) is 17.0 Å². The van der Waals surface area contributed by atoms with Gasteiger partial charge in [-0.1, -0.05) is 15.9 Å². The van der Waals surface area contributed by atoms with Crippen LogP contribution in [0, 0.1) is 0 Å². The molecule has 104 valence electrons. The van der Waals surface area contributed by atoms with E-state index in [2.05, 4.69) is 33.0 Å². The Hall–Kier alpha value is -1.23. The summed E-state index contributed by atoms with van der Waals surface area (Å²) in [6.07, 6.45) is 0. The molecule has 1 amide bonds. The van der Waals surface area contributed by atoms with Gasteiger partial charge >= 0.3 is 0 Å². The number of hydrogen-bond donors (Lipinski definition) is 0. The van der Waals surface area contributed by atoms with E-state index in [-0.39, 0.29) is 5.91 Å². The highest BCUT2D eigenvalue weighted by molar-refractivity contribution is 9.09. The number of rotatable bonds is 4. The third kappa shape index (κ3) is 3.86. The molecule has 0 radical (unpaired) electrons. The van der Waals surface area contributed by atoms with Crippen LogP contribution in [0.2, 0.25) is 0 Å². The Balaban J connectivity index is 1.90. The molecule has 1 fully saturated rings. The molecule has 0 aromatic heterocycles. The van der Waals surface area contributed by atoms with E-state index in [9.17, 15) is 4.79 Å². The molecule has 0 atom stereocenters. The number of hydrogen-bond acceptors (Lipinski definition) is 3. The molecule has 2 rings (SSSR count). The van der Waals surface area contributed by atoms with Crippen molar-refractivity contribution in [2.24, 2.45) is 0 Å². The number of carbonyl (C=O) groups excluding carboxylic acids is 1. The Morgan fingerprint density at radius 1 is 1.21 bits per heavy atom. The maximum Gasteiger partial charge on any atom is 0.219 e. The molecule has 0 bridgehead atoms. The second kappa shape index (κ2) is 6.80. The lowest BCUT2D eigenvalue weighted by molar-refractivity contribution is -0.129. The maximum atomic E-state index is 11.3. The number of carbonyl (C=O) groups is 1. The Bertz CT molecular complexity index is 414. The highest BCUT2D eigenvalue weighted by Crippen LogP contribution is 2.20. The molecule has 0 N–H and O–H groups in total. The normalized spacial score (nSPS) is 15.5. The number of ether oxygens (including phenoxy) is 1. The van der Waals surface area contributed by atoms with Crippen LogP contribution >= 0.6 is 15.9 Å². The van der Waals surface area contributed by atoms with Crippen LogP contribution in [0.1, 0.15) is 6.92 Å². The smallest absolute Gasteiger partial charge is 0.219 e. The van der Waals surface area contributed by atoms with Crippen molar-refractivity contribution in [3.05, 3.63) is 24.3 Å². The lowest BCUT2D eigenvalue weighted by Crippen LogP contribution is -2.48. The SMILES string of the molecule is CC(=O)N1CCN(c2ccc(OCCBr)cc2)CC1. The molecule has 0 aliphatic carbocycles. The molecule has 0 spiro atoms. The molecule has 1 aliphatic heterocycles. The minimum Gasteiger partial charge on any atom is -0.493 e. The summed E-state index contributed by atoms with van der Waals surface area (Å²) < 4.78 is 5.53. The summed E-state index contributed by atoms with van der Waals surface area (Å²) >= 11 is 3.34. The van der Waals surface area contributed by atoms with Gasteiger partial charge in [0.05, 0.1) is 6.61 Å². The van der Waals surface area contributed by atoms with E-state index in [4.69, 9.17) is 4.74 Å². The van der Waals surface area contributed by atoms with Crippen LogP contribution in [0.15, 0.2) is 24.3 Å². The van der Waals surface area contributed by atoms with Crippen LogP contribution in [-0.2, 0) is 4.79 Å². The molecule has 1 aliphatic rings. The summed E-state index contributed by atoms with van der Waals surface area (Å²) in [6.45, 7) is 5.69. The van der Waals surface area contributed by atoms with Crippen LogP contribution in [0.3, 0.4) is 0 Å². The zero-order valence-electron chi connectivity index (χ0n) is 11.1. The zero-order chi connectivity index (χ0) is 13.7. The van der Waals surface area contributed by atoms with E-state index in [0.717, 1.165) is 37.3 Å². The number of piperazine rings is 1. The molecule has 5 heteroatoms. The zero-order valence-corrected chi connectivity index (χ0v) is 12.7. The van der Waals surface area contributed by atoms with Gasteiger partial charge < -0.3 is 14.5 Å². The van der Waals surface area contributed by atoms with Gasteiger partial charge in [-0.3, -0.25) is 4.79 Å². The Morgan fingerprint density at radius 3 is 2.37 bits per heavy atom. The van der Waals surface area contributed by atoms with E-state index in [1.54, 1.807) is 6.92 Å². The summed E-state index contributed by atoms with van der Waals surface area (Å²) in [5.41, 5.74) is 1.19. The summed E-state index contributed by atoms with van der Waals surface area (Å²) in [7, 11) is 0. The first-order valence-electron chi connectivity index (χ1n) is 6.50. The molecule has 1 heterocycles. The van der Waals surface area contributed by atoms with E-state index in [1.165, 1.54) is 5.69 Å². The number of anilines is 1. The molecule has 1 saturated heterocycles. The summed E-state index contributed by atoms with van der Waals surface area (Å²) in [6, 6.07) is 8.14. The van der Waals surface area contributed by atoms with Crippen LogP contribution in [-0.4, -0.2) is 48.9 Å². The van der Waals surface area contributed by atoms with Crippen LogP contribution < -0.4 is 9.64 Å². The van der Waals surface area contributed by atoms with Crippen molar-refractivity contribution < 1.29 is 9.53 Å². The molecular weight excluding hydrogens is 308 g/mol. The molecule has 0 unspecified atom stereocenters. The number of nitrogens with zero attached hydrogens (tertiary/aromatic N) is 2. The van der Waals surface area contributed by atoms with Gasteiger partial charge in [-0.05, 0) is 24.3 Å². The van der Waals surface area contributed by atoms with Crippen molar-refractivity contribution >= 4 is 27.5 Å². The van der Waals surface area contributed by atoms with E-state index in [0.29, 0.717) is 6.61 Å². The first-order valence-corrected chi connectivity index (χ1v) is 7.62. The quantitative estimate of drug-likeness (QED) is 0.795. The topological polar surface area (TPSA) is 32.8 Å². The second-order valence-electron chi connectivity index (χ2n) is 4.52. The Morgan fingerprint density at radius 2 is 1.84 bits per heavy atom. The van der Waals surface area contributed by atoms with Gasteiger partial charge in [0.2, 0.25) is 5.91 Å². The fraction of sp³-hybridized carbons (Fsp3) is 0.500. The molecular formula is C14H19BrN2O2. The fourth-order valence-corrected chi connectivity index (χ4v) is 2.35. The molecule has 0 saturated carbocycles. The highest BCUT2D eigenvalue weighted by Gasteiger charge is 2.18. The van der Waals surface area contributed by atoms with Crippen LogP contribution in [0.5, 0.6) is 5.75 Å². The Labute approximate surface area is 122 Å². The van der Waals surface area contributed by atoms with Crippen molar-refractivity contribution in [2.45, 2.75) is 6.92 Å². The monoisotopic (exact) mass is 326 g/mol. The van der Waals surface area contributed by atoms with Crippen molar-refractivity contribution in [2.75, 3.05) is 43.0 Å². The molecule has 1 aromatic rings. The van der Waals surface area contributed by atoms with Gasteiger partial charge in [0, 0.05) is 44.1 Å². The minimum atomic E-state index is 0.165. The average molecular weight is 327 g/mol. The third-order valence-corrected chi connectivity index (χ3v) is 3.60. The minimum absolute atomic E-state index is 0.165. The molecule has 19 heavy (non-hydrogen) atoms. The van der Waals surface area contributed by atoms with E-state index >= 15 is 0 Å². The maximum absolute atomic E-state index is 11.3. The van der Waals surface area contributed by atoms with Gasteiger partial charge in [-0.2, -0.15) is 0 Å². The summed E-state index contributed by atoms with van der Waals surface area (Å²) in [5, 5.41) is 0.835. The number of alkyl halides is 1. The number of halogens is 1. The standard InChI is InChI=1S/C14H19BrN2O2/c1-12(18)16-7-9-17(10-8-16)13-2-4-14(5-3-13)19-11-6-15/h2-5H,6-11H2,1H3. The van der Waals surface area contributed by atoms with Crippen molar-refractivity contribution in [3.8, 4) is 5.75 Å². The van der Waals surface area contributed by atoms with Gasteiger partial charge in [0.1, 0.15) is 5.75 Å².